The Morgan fingerprint density at radius 2 is 1.36 bits per heavy atom. The van der Waals surface area contributed by atoms with Gasteiger partial charge in [-0.15, -0.1) is 0 Å². The third-order valence-corrected chi connectivity index (χ3v) is 6.48. The summed E-state index contributed by atoms with van der Waals surface area (Å²) in [5, 5.41) is 27.9. The van der Waals surface area contributed by atoms with Crippen LogP contribution < -0.4 is 11.5 Å². The highest BCUT2D eigenvalue weighted by Gasteiger charge is 2.18. The summed E-state index contributed by atoms with van der Waals surface area (Å²) in [4.78, 5) is 16.5. The number of aryl methyl sites for hydroxylation is 2. The zero-order chi connectivity index (χ0) is 27.1. The van der Waals surface area contributed by atoms with Crippen LogP contribution in [-0.4, -0.2) is 54.8 Å². The summed E-state index contributed by atoms with van der Waals surface area (Å²) in [7, 11) is 3.65. The van der Waals surface area contributed by atoms with E-state index in [2.05, 4.69) is 40.3 Å². The molecule has 194 valence electrons. The predicted molar refractivity (Wildman–Crippen MR) is 148 cm³/mol. The van der Waals surface area contributed by atoms with Gasteiger partial charge in [-0.25, -0.2) is 29.3 Å². The van der Waals surface area contributed by atoms with Crippen LogP contribution in [0.1, 0.15) is 5.56 Å². The minimum Gasteiger partial charge on any atom is -0.392 e. The summed E-state index contributed by atoms with van der Waals surface area (Å²) in [5.41, 5.74) is 18.3. The highest BCUT2D eigenvalue weighted by molar-refractivity contribution is 6.05. The molecule has 13 heteroatoms. The monoisotopic (exact) mass is 520 g/mol. The number of nitrogen functional groups attached to an aromatic ring is 2. The van der Waals surface area contributed by atoms with Crippen LogP contribution in [0.4, 0.5) is 11.6 Å². The number of aliphatic hydroxyl groups excluding tert-OH is 1. The first-order valence-corrected chi connectivity index (χ1v) is 12.0. The van der Waals surface area contributed by atoms with Gasteiger partial charge in [0.2, 0.25) is 0 Å². The fraction of sp³-hybridized carbons (Fsp3) is 0.115. The van der Waals surface area contributed by atoms with Crippen molar-refractivity contribution in [2.24, 2.45) is 14.1 Å². The standard InChI is InChI=1S/C13H11N7.C13H13N5O/c1-20-13-10(12(14)15-6-16-13)11(19-20)7-3-2-4-9-8(7)5-17-18-9;1-18-13-10(12(14)15-7-16-13)11(17-18)9-5-3-2-4-8(9)6-19/h2-6H,1H3,(H,17,18)(H2,14,15,16);2-5,7,19H,6H2,1H3,(H2,14,15,16). The Balaban J connectivity index is 0.000000142. The van der Waals surface area contributed by atoms with E-state index in [0.717, 1.165) is 38.7 Å². The van der Waals surface area contributed by atoms with Gasteiger partial charge in [0.05, 0.1) is 29.1 Å². The van der Waals surface area contributed by atoms with E-state index in [1.165, 1.54) is 12.7 Å². The number of nitrogens with two attached hydrogens (primary N) is 2. The van der Waals surface area contributed by atoms with Gasteiger partial charge >= 0.3 is 0 Å². The van der Waals surface area contributed by atoms with E-state index < -0.39 is 0 Å². The minimum absolute atomic E-state index is 0.0537. The quantitative estimate of drug-likeness (QED) is 0.269. The van der Waals surface area contributed by atoms with Crippen molar-refractivity contribution in [2.75, 3.05) is 11.5 Å². The molecule has 0 saturated heterocycles. The summed E-state index contributed by atoms with van der Waals surface area (Å²) in [6.07, 6.45) is 4.65. The van der Waals surface area contributed by atoms with Gasteiger partial charge in [-0.2, -0.15) is 15.3 Å². The zero-order valence-corrected chi connectivity index (χ0v) is 21.1. The van der Waals surface area contributed by atoms with Crippen LogP contribution in [0.25, 0.3) is 55.5 Å². The Morgan fingerprint density at radius 1 is 0.769 bits per heavy atom. The largest absolute Gasteiger partial charge is 0.392 e. The molecule has 0 aliphatic carbocycles. The van der Waals surface area contributed by atoms with E-state index in [0.29, 0.717) is 34.0 Å². The fourth-order valence-electron chi connectivity index (χ4n) is 4.66. The van der Waals surface area contributed by atoms with Crippen molar-refractivity contribution in [3.8, 4) is 22.5 Å². The minimum atomic E-state index is -0.0537. The molecule has 5 heterocycles. The SMILES string of the molecule is Cn1nc(-c2cccc3[nH]ncc23)c2c(N)ncnc21.Cn1nc(-c2ccccc2CO)c2c(N)ncnc21. The van der Waals surface area contributed by atoms with Gasteiger partial charge in [-0.05, 0) is 11.6 Å². The maximum atomic E-state index is 9.43. The summed E-state index contributed by atoms with van der Waals surface area (Å²) in [5.74, 6) is 0.819. The number of rotatable bonds is 3. The van der Waals surface area contributed by atoms with E-state index in [1.807, 2.05) is 49.5 Å². The second-order valence-corrected chi connectivity index (χ2v) is 8.81. The number of fused-ring (bicyclic) bond motifs is 3. The smallest absolute Gasteiger partial charge is 0.163 e. The molecule has 0 atom stereocenters. The Kier molecular flexibility index (Phi) is 5.81. The van der Waals surface area contributed by atoms with Crippen LogP contribution in [0.5, 0.6) is 0 Å². The molecule has 0 amide bonds. The summed E-state index contributed by atoms with van der Waals surface area (Å²) in [6.45, 7) is -0.0537. The molecule has 0 fully saturated rings. The van der Waals surface area contributed by atoms with Crippen molar-refractivity contribution in [1.82, 2.24) is 49.7 Å². The first-order chi connectivity index (χ1) is 19.0. The van der Waals surface area contributed by atoms with Crippen molar-refractivity contribution in [3.63, 3.8) is 0 Å². The van der Waals surface area contributed by atoms with Crippen molar-refractivity contribution in [3.05, 3.63) is 66.9 Å². The molecular weight excluding hydrogens is 496 g/mol. The Labute approximate surface area is 221 Å². The first kappa shape index (κ1) is 23.9. The number of hydrogen-bond acceptors (Lipinski definition) is 10. The van der Waals surface area contributed by atoms with E-state index >= 15 is 0 Å². The third kappa shape index (κ3) is 3.97. The number of aliphatic hydroxyl groups is 1. The van der Waals surface area contributed by atoms with Crippen molar-refractivity contribution < 1.29 is 5.11 Å². The molecule has 0 aliphatic rings. The lowest BCUT2D eigenvalue weighted by Gasteiger charge is -2.04. The number of nitrogens with zero attached hydrogens (tertiary/aromatic N) is 9. The van der Waals surface area contributed by atoms with Crippen LogP contribution in [0, 0.1) is 0 Å². The second-order valence-electron chi connectivity index (χ2n) is 8.81. The molecule has 7 rings (SSSR count). The molecule has 0 radical (unpaired) electrons. The summed E-state index contributed by atoms with van der Waals surface area (Å²) in [6, 6.07) is 13.4. The lowest BCUT2D eigenvalue weighted by Crippen LogP contribution is -1.95. The molecule has 6 N–H and O–H groups in total. The predicted octanol–water partition coefficient (Wildman–Crippen LogP) is 2.59. The van der Waals surface area contributed by atoms with Crippen LogP contribution in [0.2, 0.25) is 0 Å². The third-order valence-electron chi connectivity index (χ3n) is 6.48. The molecule has 0 bridgehead atoms. The Morgan fingerprint density at radius 3 is 2.00 bits per heavy atom. The van der Waals surface area contributed by atoms with Crippen LogP contribution >= 0.6 is 0 Å². The average Bonchev–Trinajstić information content (AvgIpc) is 3.66. The molecule has 0 saturated carbocycles. The molecule has 7 aromatic rings. The molecule has 0 aliphatic heterocycles. The zero-order valence-electron chi connectivity index (χ0n) is 21.1. The average molecular weight is 521 g/mol. The number of aromatic amines is 1. The van der Waals surface area contributed by atoms with E-state index in [1.54, 1.807) is 22.6 Å². The normalized spacial score (nSPS) is 11.3. The molecular formula is C26H24N12O. The number of nitrogens with one attached hydrogen (secondary N) is 1. The van der Waals surface area contributed by atoms with E-state index in [-0.39, 0.29) is 6.61 Å². The maximum Gasteiger partial charge on any atom is 0.163 e. The van der Waals surface area contributed by atoms with Crippen LogP contribution in [-0.2, 0) is 20.7 Å². The number of benzene rings is 2. The molecule has 2 aromatic carbocycles. The lowest BCUT2D eigenvalue weighted by molar-refractivity contribution is 0.282. The van der Waals surface area contributed by atoms with Crippen LogP contribution in [0.3, 0.4) is 0 Å². The number of hydrogen-bond donors (Lipinski definition) is 4. The molecule has 0 unspecified atom stereocenters. The Hall–Kier alpha value is -5.43. The summed E-state index contributed by atoms with van der Waals surface area (Å²) < 4.78 is 3.37. The highest BCUT2D eigenvalue weighted by Crippen LogP contribution is 2.34. The second kappa shape index (κ2) is 9.46. The van der Waals surface area contributed by atoms with E-state index in [4.69, 9.17) is 11.5 Å². The van der Waals surface area contributed by atoms with Gasteiger partial charge in [0.1, 0.15) is 35.7 Å². The Bertz CT molecular complexity index is 1970. The fourth-order valence-corrected chi connectivity index (χ4v) is 4.66. The van der Waals surface area contributed by atoms with Gasteiger partial charge in [-0.1, -0.05) is 36.4 Å². The van der Waals surface area contributed by atoms with Crippen LogP contribution in [0.15, 0.2) is 61.3 Å². The van der Waals surface area contributed by atoms with Gasteiger partial charge in [0.15, 0.2) is 11.3 Å². The van der Waals surface area contributed by atoms with Crippen molar-refractivity contribution >= 4 is 44.6 Å². The van der Waals surface area contributed by atoms with Gasteiger partial charge in [0.25, 0.3) is 0 Å². The molecule has 13 nitrogen and oxygen atoms in total. The van der Waals surface area contributed by atoms with Crippen molar-refractivity contribution in [2.45, 2.75) is 6.61 Å². The van der Waals surface area contributed by atoms with Gasteiger partial charge in [0, 0.05) is 30.6 Å². The first-order valence-electron chi connectivity index (χ1n) is 12.0. The van der Waals surface area contributed by atoms with Gasteiger partial charge in [-0.3, -0.25) is 5.10 Å². The molecule has 5 aromatic heterocycles. The maximum absolute atomic E-state index is 9.43. The lowest BCUT2D eigenvalue weighted by atomic mass is 10.0. The number of aromatic nitrogens is 10. The number of H-pyrrole nitrogens is 1. The number of anilines is 2. The molecule has 0 spiro atoms. The van der Waals surface area contributed by atoms with E-state index in [9.17, 15) is 5.11 Å². The highest BCUT2D eigenvalue weighted by atomic mass is 16.3. The van der Waals surface area contributed by atoms with Gasteiger partial charge < -0.3 is 16.6 Å². The summed E-state index contributed by atoms with van der Waals surface area (Å²) >= 11 is 0. The molecule has 39 heavy (non-hydrogen) atoms. The van der Waals surface area contributed by atoms with Crippen molar-refractivity contribution in [1.29, 1.82) is 0 Å². The topological polar surface area (TPSA) is 188 Å².